The Kier molecular flexibility index (Phi) is 5.86. The molecule has 0 aromatic carbocycles. The lowest BCUT2D eigenvalue weighted by Gasteiger charge is -2.41. The highest BCUT2D eigenvalue weighted by atomic mass is 16.2. The molecule has 1 aromatic heterocycles. The number of aryl methyl sites for hydroxylation is 1. The van der Waals surface area contributed by atoms with E-state index in [1.54, 1.807) is 6.20 Å². The molecule has 2 aliphatic heterocycles. The first kappa shape index (κ1) is 19.0. The van der Waals surface area contributed by atoms with Crippen LogP contribution in [0.2, 0.25) is 0 Å². The first-order valence-corrected chi connectivity index (χ1v) is 11.2. The molecule has 3 fully saturated rings. The van der Waals surface area contributed by atoms with E-state index in [0.717, 1.165) is 31.1 Å². The van der Waals surface area contributed by atoms with Gasteiger partial charge in [-0.15, -0.1) is 0 Å². The SMILES string of the molecule is CCn1cc(C(=O)N2CCC3(CCCN(CCC4CCCCC4)C3)C2)cn1. The highest BCUT2D eigenvalue weighted by Crippen LogP contribution is 2.39. The van der Waals surface area contributed by atoms with E-state index in [4.69, 9.17) is 0 Å². The fourth-order valence-corrected chi connectivity index (χ4v) is 5.61. The van der Waals surface area contributed by atoms with Crippen molar-refractivity contribution in [1.29, 1.82) is 0 Å². The Morgan fingerprint density at radius 2 is 2.00 bits per heavy atom. The van der Waals surface area contributed by atoms with Crippen molar-refractivity contribution in [2.24, 2.45) is 11.3 Å². The summed E-state index contributed by atoms with van der Waals surface area (Å²) >= 11 is 0. The van der Waals surface area contributed by atoms with Gasteiger partial charge in [-0.2, -0.15) is 5.10 Å². The van der Waals surface area contributed by atoms with Crippen LogP contribution in [0.15, 0.2) is 12.4 Å². The van der Waals surface area contributed by atoms with Gasteiger partial charge in [0.25, 0.3) is 5.91 Å². The zero-order valence-corrected chi connectivity index (χ0v) is 17.0. The van der Waals surface area contributed by atoms with Crippen molar-refractivity contribution in [1.82, 2.24) is 19.6 Å². The molecule has 1 aromatic rings. The van der Waals surface area contributed by atoms with Crippen LogP contribution in [0.3, 0.4) is 0 Å². The van der Waals surface area contributed by atoms with Crippen LogP contribution < -0.4 is 0 Å². The molecule has 1 spiro atoms. The van der Waals surface area contributed by atoms with Gasteiger partial charge in [0, 0.05) is 37.8 Å². The maximum absolute atomic E-state index is 12.9. The van der Waals surface area contributed by atoms with Crippen LogP contribution in [0.1, 0.15) is 75.1 Å². The Bertz CT molecular complexity index is 636. The van der Waals surface area contributed by atoms with Crippen LogP contribution in [-0.4, -0.2) is 58.2 Å². The summed E-state index contributed by atoms with van der Waals surface area (Å²) in [6, 6.07) is 0. The van der Waals surface area contributed by atoms with Gasteiger partial charge in [-0.25, -0.2) is 0 Å². The quantitative estimate of drug-likeness (QED) is 0.789. The molecule has 27 heavy (non-hydrogen) atoms. The molecule has 5 heteroatoms. The molecule has 150 valence electrons. The summed E-state index contributed by atoms with van der Waals surface area (Å²) in [4.78, 5) is 17.7. The zero-order valence-electron chi connectivity index (χ0n) is 17.0. The first-order valence-electron chi connectivity index (χ1n) is 11.2. The average Bonchev–Trinajstić information content (AvgIpc) is 3.34. The summed E-state index contributed by atoms with van der Waals surface area (Å²) in [6.07, 6.45) is 16.0. The molecule has 1 aliphatic carbocycles. The van der Waals surface area contributed by atoms with Gasteiger partial charge in [0.05, 0.1) is 11.8 Å². The maximum Gasteiger partial charge on any atom is 0.257 e. The predicted molar refractivity (Wildman–Crippen MR) is 108 cm³/mol. The second-order valence-corrected chi connectivity index (χ2v) is 9.23. The van der Waals surface area contributed by atoms with Crippen molar-refractivity contribution in [3.05, 3.63) is 18.0 Å². The van der Waals surface area contributed by atoms with Gasteiger partial charge in [-0.1, -0.05) is 32.1 Å². The average molecular weight is 373 g/mol. The molecular weight excluding hydrogens is 336 g/mol. The van der Waals surface area contributed by atoms with Crippen molar-refractivity contribution in [3.63, 3.8) is 0 Å². The summed E-state index contributed by atoms with van der Waals surface area (Å²) in [5, 5.41) is 4.27. The van der Waals surface area contributed by atoms with E-state index in [9.17, 15) is 4.79 Å². The molecule has 3 heterocycles. The summed E-state index contributed by atoms with van der Waals surface area (Å²) < 4.78 is 1.84. The third-order valence-corrected chi connectivity index (χ3v) is 7.25. The standard InChI is InChI=1S/C22H36N4O/c1-2-26-16-20(15-23-26)21(27)25-14-11-22(18-25)10-6-12-24(17-22)13-9-19-7-4-3-5-8-19/h15-16,19H,2-14,17-18H2,1H3. The monoisotopic (exact) mass is 372 g/mol. The molecule has 3 aliphatic rings. The third kappa shape index (κ3) is 4.39. The number of rotatable bonds is 5. The van der Waals surface area contributed by atoms with Crippen molar-refractivity contribution in [3.8, 4) is 0 Å². The van der Waals surface area contributed by atoms with Gasteiger partial charge in [0.2, 0.25) is 0 Å². The van der Waals surface area contributed by atoms with Crippen LogP contribution in [0.25, 0.3) is 0 Å². The Balaban J connectivity index is 1.31. The van der Waals surface area contributed by atoms with Crippen molar-refractivity contribution >= 4 is 5.91 Å². The lowest BCUT2D eigenvalue weighted by Crippen LogP contribution is -2.45. The fourth-order valence-electron chi connectivity index (χ4n) is 5.61. The van der Waals surface area contributed by atoms with Crippen molar-refractivity contribution in [2.75, 3.05) is 32.7 Å². The van der Waals surface area contributed by atoms with Crippen LogP contribution in [0.5, 0.6) is 0 Å². The summed E-state index contributed by atoms with van der Waals surface area (Å²) in [5.74, 6) is 1.14. The minimum atomic E-state index is 0.172. The molecule has 1 amide bonds. The largest absolute Gasteiger partial charge is 0.338 e. The van der Waals surface area contributed by atoms with E-state index in [2.05, 4.69) is 21.8 Å². The summed E-state index contributed by atoms with van der Waals surface area (Å²) in [6.45, 7) is 8.42. The molecular formula is C22H36N4O. The number of likely N-dealkylation sites (tertiary alicyclic amines) is 2. The minimum Gasteiger partial charge on any atom is -0.338 e. The molecule has 4 rings (SSSR count). The number of hydrogen-bond donors (Lipinski definition) is 0. The third-order valence-electron chi connectivity index (χ3n) is 7.25. The van der Waals surface area contributed by atoms with E-state index in [1.165, 1.54) is 77.4 Å². The van der Waals surface area contributed by atoms with Gasteiger partial charge in [-0.05, 0) is 51.6 Å². The molecule has 1 saturated carbocycles. The summed E-state index contributed by atoms with van der Waals surface area (Å²) in [7, 11) is 0. The second kappa shape index (κ2) is 8.34. The number of aromatic nitrogens is 2. The van der Waals surface area contributed by atoms with Crippen molar-refractivity contribution in [2.45, 2.75) is 71.3 Å². The summed E-state index contributed by atoms with van der Waals surface area (Å²) in [5.41, 5.74) is 1.08. The van der Waals surface area contributed by atoms with Crippen LogP contribution >= 0.6 is 0 Å². The van der Waals surface area contributed by atoms with Crippen LogP contribution in [0, 0.1) is 11.3 Å². The number of nitrogens with zero attached hydrogens (tertiary/aromatic N) is 4. The predicted octanol–water partition coefficient (Wildman–Crippen LogP) is 3.80. The minimum absolute atomic E-state index is 0.172. The van der Waals surface area contributed by atoms with Gasteiger partial charge in [-0.3, -0.25) is 9.48 Å². The fraction of sp³-hybridized carbons (Fsp3) is 0.818. The van der Waals surface area contributed by atoms with Gasteiger partial charge >= 0.3 is 0 Å². The normalized spacial score (nSPS) is 27.5. The van der Waals surface area contributed by atoms with E-state index < -0.39 is 0 Å². The molecule has 0 bridgehead atoms. The number of amides is 1. The van der Waals surface area contributed by atoms with E-state index >= 15 is 0 Å². The Labute approximate surface area is 164 Å². The Morgan fingerprint density at radius 3 is 2.78 bits per heavy atom. The molecule has 0 radical (unpaired) electrons. The number of hydrogen-bond acceptors (Lipinski definition) is 3. The second-order valence-electron chi connectivity index (χ2n) is 9.23. The molecule has 5 nitrogen and oxygen atoms in total. The maximum atomic E-state index is 12.9. The Hall–Kier alpha value is -1.36. The van der Waals surface area contributed by atoms with Gasteiger partial charge in [0.15, 0.2) is 0 Å². The topological polar surface area (TPSA) is 41.4 Å². The highest BCUT2D eigenvalue weighted by molar-refractivity contribution is 5.94. The number of piperidine rings is 1. The molecule has 0 N–H and O–H groups in total. The number of carbonyl (C=O) groups is 1. The zero-order chi connectivity index (χ0) is 18.7. The van der Waals surface area contributed by atoms with Crippen molar-refractivity contribution < 1.29 is 4.79 Å². The smallest absolute Gasteiger partial charge is 0.257 e. The first-order chi connectivity index (χ1) is 13.2. The lowest BCUT2D eigenvalue weighted by molar-refractivity contribution is 0.0674. The Morgan fingerprint density at radius 1 is 1.15 bits per heavy atom. The van der Waals surface area contributed by atoms with E-state index in [-0.39, 0.29) is 5.91 Å². The van der Waals surface area contributed by atoms with Gasteiger partial charge in [0.1, 0.15) is 0 Å². The molecule has 2 saturated heterocycles. The molecule has 1 atom stereocenters. The van der Waals surface area contributed by atoms with Gasteiger partial charge < -0.3 is 9.80 Å². The van der Waals surface area contributed by atoms with E-state index in [1.807, 2.05) is 10.9 Å². The van der Waals surface area contributed by atoms with E-state index in [0.29, 0.717) is 5.41 Å². The van der Waals surface area contributed by atoms with Crippen LogP contribution in [-0.2, 0) is 6.54 Å². The number of carbonyl (C=O) groups excluding carboxylic acids is 1. The van der Waals surface area contributed by atoms with Crippen LogP contribution in [0.4, 0.5) is 0 Å². The highest BCUT2D eigenvalue weighted by Gasteiger charge is 2.43. The molecule has 1 unspecified atom stereocenters. The lowest BCUT2D eigenvalue weighted by atomic mass is 9.79.